The second-order valence-corrected chi connectivity index (χ2v) is 10.4. The van der Waals surface area contributed by atoms with E-state index in [4.69, 9.17) is 23.2 Å². The highest BCUT2D eigenvalue weighted by Crippen LogP contribution is 2.32. The highest BCUT2D eigenvalue weighted by molar-refractivity contribution is 9.10. The van der Waals surface area contributed by atoms with E-state index in [1.54, 1.807) is 18.2 Å². The Morgan fingerprint density at radius 3 is 2.65 bits per heavy atom. The predicted molar refractivity (Wildman–Crippen MR) is 128 cm³/mol. The summed E-state index contributed by atoms with van der Waals surface area (Å²) < 4.78 is 27.5. The van der Waals surface area contributed by atoms with E-state index in [0.717, 1.165) is 27.2 Å². The molecule has 160 valence electrons. The van der Waals surface area contributed by atoms with Gasteiger partial charge in [0.15, 0.2) is 0 Å². The molecule has 1 unspecified atom stereocenters. The summed E-state index contributed by atoms with van der Waals surface area (Å²) in [7, 11) is 0. The fraction of sp³-hybridized carbons (Fsp3) is 0.100. The van der Waals surface area contributed by atoms with E-state index >= 15 is 0 Å². The van der Waals surface area contributed by atoms with Crippen LogP contribution in [0.1, 0.15) is 21.7 Å². The Bertz CT molecular complexity index is 1340. The molecule has 11 heteroatoms. The van der Waals surface area contributed by atoms with Crippen molar-refractivity contribution in [2.75, 3.05) is 4.31 Å². The van der Waals surface area contributed by atoms with Crippen LogP contribution in [0.5, 0.6) is 0 Å². The molecular formula is C20H13BrCl2N3O3S2-. The van der Waals surface area contributed by atoms with Crippen LogP contribution in [0.2, 0.25) is 9.36 Å². The lowest BCUT2D eigenvalue weighted by Crippen LogP contribution is -2.31. The first-order valence-electron chi connectivity index (χ1n) is 8.84. The van der Waals surface area contributed by atoms with E-state index < -0.39 is 17.2 Å². The first-order valence-corrected chi connectivity index (χ1v) is 12.2. The van der Waals surface area contributed by atoms with E-state index in [-0.39, 0.29) is 10.6 Å². The predicted octanol–water partition coefficient (Wildman–Crippen LogP) is 5.96. The lowest BCUT2D eigenvalue weighted by atomic mass is 10.1. The summed E-state index contributed by atoms with van der Waals surface area (Å²) >= 11 is 13.9. The summed E-state index contributed by atoms with van der Waals surface area (Å²) in [6.45, 7) is 2.31. The molecule has 2 aromatic heterocycles. The van der Waals surface area contributed by atoms with Gasteiger partial charge in [0.05, 0.1) is 33.2 Å². The molecule has 0 aliphatic heterocycles. The Hall–Kier alpha value is -1.75. The summed E-state index contributed by atoms with van der Waals surface area (Å²) in [5, 5.41) is 0.820. The largest absolute Gasteiger partial charge is 0.755 e. The number of amides is 1. The van der Waals surface area contributed by atoms with E-state index in [9.17, 15) is 13.6 Å². The van der Waals surface area contributed by atoms with Crippen LogP contribution < -0.4 is 4.31 Å². The number of aryl methyl sites for hydroxylation is 1. The Morgan fingerprint density at radius 2 is 2.00 bits per heavy atom. The summed E-state index contributed by atoms with van der Waals surface area (Å²) in [6.07, 6.45) is 0. The van der Waals surface area contributed by atoms with Crippen molar-refractivity contribution >= 4 is 83.7 Å². The van der Waals surface area contributed by atoms with Gasteiger partial charge in [-0.25, -0.2) is 9.29 Å². The van der Waals surface area contributed by atoms with Gasteiger partial charge in [0.1, 0.15) is 10.8 Å². The van der Waals surface area contributed by atoms with Crippen LogP contribution >= 0.6 is 50.5 Å². The zero-order chi connectivity index (χ0) is 22.3. The molecule has 31 heavy (non-hydrogen) atoms. The topological polar surface area (TPSA) is 78.3 Å². The lowest BCUT2D eigenvalue weighted by Gasteiger charge is -2.22. The van der Waals surface area contributed by atoms with Gasteiger partial charge in [0.2, 0.25) is 0 Å². The molecule has 2 aromatic carbocycles. The Balaban J connectivity index is 1.75. The molecule has 4 rings (SSSR count). The standard InChI is InChI=1S/C20H14BrCl2N3O3S2/c1-11-24-16-5-3-12(20(27)26(31(28)29)19-7-6-18(23)30-19)8-17(16)25(11)10-13-2-4-14(21)9-15(13)22/h2-9H,10H2,1H3,(H,28,29)/p-1. The molecule has 0 bridgehead atoms. The number of imidazole rings is 1. The van der Waals surface area contributed by atoms with Crippen LogP contribution in [0.25, 0.3) is 11.0 Å². The zero-order valence-corrected chi connectivity index (χ0v) is 20.6. The molecular weight excluding hydrogens is 545 g/mol. The van der Waals surface area contributed by atoms with Crippen LogP contribution in [-0.2, 0) is 17.8 Å². The number of halogens is 3. The number of anilines is 1. The number of hydrogen-bond donors (Lipinski definition) is 0. The maximum Gasteiger partial charge on any atom is 0.270 e. The molecule has 0 saturated carbocycles. The summed E-state index contributed by atoms with van der Waals surface area (Å²) in [4.78, 5) is 17.6. The minimum Gasteiger partial charge on any atom is -0.755 e. The van der Waals surface area contributed by atoms with Crippen molar-refractivity contribution in [2.24, 2.45) is 0 Å². The summed E-state index contributed by atoms with van der Waals surface area (Å²) in [5.41, 5.74) is 2.49. The van der Waals surface area contributed by atoms with Gasteiger partial charge in [0.25, 0.3) is 5.91 Å². The normalized spacial score (nSPS) is 12.3. The van der Waals surface area contributed by atoms with Crippen molar-refractivity contribution in [3.05, 3.63) is 79.3 Å². The van der Waals surface area contributed by atoms with Gasteiger partial charge in [-0.2, -0.15) is 0 Å². The second kappa shape index (κ2) is 9.01. The van der Waals surface area contributed by atoms with Crippen molar-refractivity contribution in [2.45, 2.75) is 13.5 Å². The molecule has 6 nitrogen and oxygen atoms in total. The van der Waals surface area contributed by atoms with Gasteiger partial charge in [0, 0.05) is 15.1 Å². The van der Waals surface area contributed by atoms with Crippen LogP contribution in [0.4, 0.5) is 5.00 Å². The molecule has 1 atom stereocenters. The molecule has 0 fully saturated rings. The van der Waals surface area contributed by atoms with Crippen molar-refractivity contribution in [1.82, 2.24) is 9.55 Å². The molecule has 2 heterocycles. The van der Waals surface area contributed by atoms with Crippen molar-refractivity contribution in [3.8, 4) is 0 Å². The Kier molecular flexibility index (Phi) is 6.52. The third kappa shape index (κ3) is 4.57. The van der Waals surface area contributed by atoms with Crippen LogP contribution in [0.15, 0.2) is 53.0 Å². The highest BCUT2D eigenvalue weighted by atomic mass is 79.9. The average Bonchev–Trinajstić information content (AvgIpc) is 3.26. The quantitative estimate of drug-likeness (QED) is 0.283. The van der Waals surface area contributed by atoms with Gasteiger partial charge in [-0.05, 0) is 55.0 Å². The fourth-order valence-electron chi connectivity index (χ4n) is 3.17. The lowest BCUT2D eigenvalue weighted by molar-refractivity contribution is 0.101. The van der Waals surface area contributed by atoms with E-state index in [0.29, 0.717) is 31.2 Å². The number of carbonyl (C=O) groups is 1. The van der Waals surface area contributed by atoms with Gasteiger partial charge >= 0.3 is 0 Å². The number of rotatable bonds is 5. The van der Waals surface area contributed by atoms with E-state index in [2.05, 4.69) is 20.9 Å². The Morgan fingerprint density at radius 1 is 1.23 bits per heavy atom. The minimum absolute atomic E-state index is 0.212. The number of thiophene rings is 1. The highest BCUT2D eigenvalue weighted by Gasteiger charge is 2.22. The third-order valence-corrected chi connectivity index (χ3v) is 7.46. The van der Waals surface area contributed by atoms with Crippen molar-refractivity contribution in [3.63, 3.8) is 0 Å². The maximum absolute atomic E-state index is 13.0. The number of hydrogen-bond acceptors (Lipinski definition) is 5. The summed E-state index contributed by atoms with van der Waals surface area (Å²) in [5.74, 6) is 0.0636. The second-order valence-electron chi connectivity index (χ2n) is 6.58. The maximum atomic E-state index is 13.0. The smallest absolute Gasteiger partial charge is 0.270 e. The zero-order valence-electron chi connectivity index (χ0n) is 15.8. The molecule has 0 aliphatic carbocycles. The van der Waals surface area contributed by atoms with E-state index in [1.807, 2.05) is 29.7 Å². The SMILES string of the molecule is Cc1nc2ccc(C(=O)N(c3ccc(Cl)s3)S(=O)[O-])cc2n1Cc1ccc(Br)cc1Cl. The van der Waals surface area contributed by atoms with Crippen molar-refractivity contribution < 1.29 is 13.6 Å². The molecule has 1 amide bonds. The number of carbonyl (C=O) groups excluding carboxylic acids is 1. The van der Waals surface area contributed by atoms with E-state index in [1.165, 1.54) is 12.1 Å². The summed E-state index contributed by atoms with van der Waals surface area (Å²) in [6, 6.07) is 13.5. The molecule has 0 spiro atoms. The number of nitrogens with zero attached hydrogens (tertiary/aromatic N) is 3. The Labute approximate surface area is 203 Å². The average molecular weight is 558 g/mol. The van der Waals surface area contributed by atoms with Gasteiger partial charge in [-0.15, -0.1) is 11.3 Å². The molecule has 4 aromatic rings. The van der Waals surface area contributed by atoms with Crippen LogP contribution in [0, 0.1) is 6.92 Å². The monoisotopic (exact) mass is 556 g/mol. The van der Waals surface area contributed by atoms with Gasteiger partial charge in [-0.1, -0.05) is 45.2 Å². The molecule has 0 radical (unpaired) electrons. The number of aromatic nitrogens is 2. The molecule has 0 aliphatic rings. The van der Waals surface area contributed by atoms with Crippen LogP contribution in [-0.4, -0.2) is 24.2 Å². The first-order chi connectivity index (χ1) is 14.7. The van der Waals surface area contributed by atoms with Crippen molar-refractivity contribution in [1.29, 1.82) is 0 Å². The minimum atomic E-state index is -2.80. The fourth-order valence-corrected chi connectivity index (χ4v) is 5.58. The number of benzene rings is 2. The van der Waals surface area contributed by atoms with Crippen LogP contribution in [0.3, 0.4) is 0 Å². The third-order valence-electron chi connectivity index (χ3n) is 4.62. The number of fused-ring (bicyclic) bond motifs is 1. The molecule has 0 saturated heterocycles. The molecule has 0 N–H and O–H groups in total. The van der Waals surface area contributed by atoms with Gasteiger partial charge < -0.3 is 9.12 Å². The first kappa shape index (κ1) is 22.4. The van der Waals surface area contributed by atoms with Gasteiger partial charge in [-0.3, -0.25) is 9.00 Å².